The fraction of sp³-hybridized carbons (Fsp3) is 0.174. The smallest absolute Gasteiger partial charge is 0.219 e. The van der Waals surface area contributed by atoms with Gasteiger partial charge in [0, 0.05) is 42.8 Å². The minimum atomic E-state index is 0.686. The van der Waals surface area contributed by atoms with Crippen molar-refractivity contribution in [2.24, 2.45) is 4.99 Å². The van der Waals surface area contributed by atoms with Crippen LogP contribution in [0.4, 0.5) is 11.4 Å². The number of nitrogens with one attached hydrogen (secondary N) is 1. The predicted octanol–water partition coefficient (Wildman–Crippen LogP) is 5.05. The second-order valence-corrected chi connectivity index (χ2v) is 7.94. The molecule has 30 heavy (non-hydrogen) atoms. The average molecular weight is 422 g/mol. The lowest BCUT2D eigenvalue weighted by Gasteiger charge is -2.14. The normalized spacial score (nSPS) is 11.8. The molecule has 0 aliphatic carbocycles. The number of pyridine rings is 1. The number of aryl methyl sites for hydroxylation is 1. The number of aliphatic imine (C=N–C) groups is 1. The first-order valence-electron chi connectivity index (χ1n) is 9.23. The number of carbonyl (C=O) groups is 1. The Labute approximate surface area is 181 Å². The van der Waals surface area contributed by atoms with Crippen LogP contribution in [0.5, 0.6) is 0 Å². The molecule has 0 radical (unpaired) electrons. The third-order valence-electron chi connectivity index (χ3n) is 4.23. The maximum Gasteiger partial charge on any atom is 0.219 e. The highest BCUT2D eigenvalue weighted by molar-refractivity contribution is 7.19. The van der Waals surface area contributed by atoms with Crippen LogP contribution in [0.1, 0.15) is 11.8 Å². The summed E-state index contributed by atoms with van der Waals surface area (Å²) in [5.74, 6) is 0. The van der Waals surface area contributed by atoms with E-state index in [0.29, 0.717) is 17.0 Å². The van der Waals surface area contributed by atoms with Gasteiger partial charge >= 0.3 is 0 Å². The Kier molecular flexibility index (Phi) is 7.89. The Balaban J connectivity index is 2.28. The van der Waals surface area contributed by atoms with E-state index in [-0.39, 0.29) is 0 Å². The average Bonchev–Trinajstić information content (AvgIpc) is 3.03. The third-order valence-corrected chi connectivity index (χ3v) is 5.24. The molecule has 0 atom stereocenters. The highest BCUT2D eigenvalue weighted by atomic mass is 32.1. The number of rotatable bonds is 10. The predicted molar refractivity (Wildman–Crippen MR) is 129 cm³/mol. The van der Waals surface area contributed by atoms with Crippen molar-refractivity contribution in [3.05, 3.63) is 78.3 Å². The van der Waals surface area contributed by atoms with Crippen molar-refractivity contribution in [3.8, 4) is 0 Å². The Hall–Kier alpha value is -3.45. The van der Waals surface area contributed by atoms with Gasteiger partial charge in [-0.15, -0.1) is 11.3 Å². The summed E-state index contributed by atoms with van der Waals surface area (Å²) in [6.45, 7) is 15.2. The van der Waals surface area contributed by atoms with E-state index in [1.807, 2.05) is 38.9 Å². The molecule has 0 aliphatic heterocycles. The zero-order valence-corrected chi connectivity index (χ0v) is 18.7. The minimum Gasteiger partial charge on any atom is -0.377 e. The van der Waals surface area contributed by atoms with Gasteiger partial charge in [-0.3, -0.25) is 9.69 Å². The van der Waals surface area contributed by atoms with Crippen LogP contribution in [0.3, 0.4) is 0 Å². The van der Waals surface area contributed by atoms with E-state index in [1.165, 1.54) is 11.2 Å². The monoisotopic (exact) mass is 421 g/mol. The summed E-state index contributed by atoms with van der Waals surface area (Å²) >= 11 is 1.58. The lowest BCUT2D eigenvalue weighted by molar-refractivity contribution is -0.113. The molecule has 2 heterocycles. The number of thiophene rings is 1. The number of fused-ring (bicyclic) bond motifs is 1. The van der Waals surface area contributed by atoms with E-state index >= 15 is 0 Å². The quantitative estimate of drug-likeness (QED) is 0.252. The molecular weight excluding hydrogens is 394 g/mol. The number of hydrogen-bond donors (Lipinski definition) is 1. The number of hydrogen-bond acceptors (Lipinski definition) is 6. The molecule has 0 bridgehead atoms. The van der Waals surface area contributed by atoms with Gasteiger partial charge in [-0.1, -0.05) is 19.7 Å². The number of carbonyl (C=O) groups excluding carboxylic acids is 1. The molecule has 1 N–H and O–H groups in total. The lowest BCUT2D eigenvalue weighted by atomic mass is 10.2. The molecule has 0 saturated heterocycles. The van der Waals surface area contributed by atoms with E-state index in [0.717, 1.165) is 32.9 Å². The van der Waals surface area contributed by atoms with Gasteiger partial charge in [-0.25, -0.2) is 9.98 Å². The zero-order valence-electron chi connectivity index (χ0n) is 17.8. The van der Waals surface area contributed by atoms with Crippen molar-refractivity contribution < 1.29 is 4.79 Å². The van der Waals surface area contributed by atoms with Crippen LogP contribution in [0.2, 0.25) is 0 Å². The van der Waals surface area contributed by atoms with Gasteiger partial charge in [-0.2, -0.15) is 0 Å². The van der Waals surface area contributed by atoms with Crippen LogP contribution in [0.15, 0.2) is 78.4 Å². The first-order chi connectivity index (χ1) is 14.3. The largest absolute Gasteiger partial charge is 0.377 e. The van der Waals surface area contributed by atoms with Gasteiger partial charge in [0.1, 0.15) is 11.2 Å². The van der Waals surface area contributed by atoms with Crippen LogP contribution in [-0.4, -0.2) is 36.7 Å². The van der Waals surface area contributed by atoms with Crippen LogP contribution in [0, 0.1) is 6.92 Å². The number of anilines is 1. The molecule has 2 rings (SSSR count). The molecule has 2 aromatic heterocycles. The molecule has 0 aromatic carbocycles. The SMILES string of the molecule is C=CC(=C)N/C=C\C(=C)/C=C(\C)N(C=O)C=Nc1c(C)sc2nccc(N(C)C)c12. The standard InChI is InChI=1S/C23H27N5OS/c1-8-17(3)24-11-9-16(2)13-18(4)28(15-29)14-26-22-19(5)30-23-21(22)20(27(6)7)10-12-25-23/h8-15,24H,1-3H2,4-7H3/b11-9-,18-13+,26-14?. The number of allylic oxidation sites excluding steroid dienone is 5. The van der Waals surface area contributed by atoms with Crippen LogP contribution in [-0.2, 0) is 4.79 Å². The molecule has 7 heteroatoms. The molecule has 1 amide bonds. The van der Waals surface area contributed by atoms with Crippen LogP contribution < -0.4 is 10.2 Å². The Morgan fingerprint density at radius 1 is 1.33 bits per heavy atom. The van der Waals surface area contributed by atoms with E-state index in [1.54, 1.807) is 42.0 Å². The number of aromatic nitrogens is 1. The van der Waals surface area contributed by atoms with Gasteiger partial charge in [0.15, 0.2) is 0 Å². The summed E-state index contributed by atoms with van der Waals surface area (Å²) in [5.41, 5.74) is 3.94. The second kappa shape index (κ2) is 10.4. The van der Waals surface area contributed by atoms with Gasteiger partial charge in [-0.05, 0) is 43.7 Å². The van der Waals surface area contributed by atoms with Crippen molar-refractivity contribution in [3.63, 3.8) is 0 Å². The fourth-order valence-corrected chi connectivity index (χ4v) is 3.62. The Bertz CT molecular complexity index is 1060. The third kappa shape index (κ3) is 5.55. The van der Waals surface area contributed by atoms with Crippen molar-refractivity contribution in [2.75, 3.05) is 19.0 Å². The molecule has 2 aromatic rings. The summed E-state index contributed by atoms with van der Waals surface area (Å²) in [4.78, 5) is 26.1. The summed E-state index contributed by atoms with van der Waals surface area (Å²) in [7, 11) is 3.97. The van der Waals surface area contributed by atoms with Gasteiger partial charge in [0.2, 0.25) is 6.41 Å². The van der Waals surface area contributed by atoms with E-state index in [4.69, 9.17) is 0 Å². The van der Waals surface area contributed by atoms with Crippen molar-refractivity contribution in [1.82, 2.24) is 15.2 Å². The van der Waals surface area contributed by atoms with Crippen molar-refractivity contribution in [2.45, 2.75) is 13.8 Å². The Morgan fingerprint density at radius 2 is 2.07 bits per heavy atom. The van der Waals surface area contributed by atoms with Crippen LogP contribution >= 0.6 is 11.3 Å². The number of amides is 1. The summed E-state index contributed by atoms with van der Waals surface area (Å²) in [5, 5.41) is 3.94. The number of nitrogens with zero attached hydrogens (tertiary/aromatic N) is 4. The highest BCUT2D eigenvalue weighted by Crippen LogP contribution is 2.41. The molecule has 0 unspecified atom stereocenters. The zero-order chi connectivity index (χ0) is 22.3. The van der Waals surface area contributed by atoms with Gasteiger partial charge in [0.05, 0.1) is 16.8 Å². The van der Waals surface area contributed by atoms with Crippen LogP contribution in [0.25, 0.3) is 10.2 Å². The van der Waals surface area contributed by atoms with Crippen molar-refractivity contribution in [1.29, 1.82) is 0 Å². The van der Waals surface area contributed by atoms with E-state index in [2.05, 4.69) is 35.0 Å². The summed E-state index contributed by atoms with van der Waals surface area (Å²) < 4.78 is 0. The second-order valence-electron chi connectivity index (χ2n) is 6.74. The lowest BCUT2D eigenvalue weighted by Crippen LogP contribution is -2.17. The molecule has 0 saturated carbocycles. The molecule has 6 nitrogen and oxygen atoms in total. The maximum atomic E-state index is 11.6. The first kappa shape index (κ1) is 22.8. The first-order valence-corrected chi connectivity index (χ1v) is 10.0. The fourth-order valence-electron chi connectivity index (χ4n) is 2.66. The highest BCUT2D eigenvalue weighted by Gasteiger charge is 2.14. The summed E-state index contributed by atoms with van der Waals surface area (Å²) in [6.07, 6.45) is 10.9. The van der Waals surface area contributed by atoms with Gasteiger partial charge < -0.3 is 10.2 Å². The van der Waals surface area contributed by atoms with Gasteiger partial charge in [0.25, 0.3) is 0 Å². The minimum absolute atomic E-state index is 0.686. The molecule has 0 fully saturated rings. The maximum absolute atomic E-state index is 11.6. The topological polar surface area (TPSA) is 60.8 Å². The molecule has 156 valence electrons. The molecule has 0 spiro atoms. The van der Waals surface area contributed by atoms with E-state index < -0.39 is 0 Å². The van der Waals surface area contributed by atoms with Crippen molar-refractivity contribution >= 4 is 45.7 Å². The molecule has 0 aliphatic rings. The van der Waals surface area contributed by atoms with E-state index in [9.17, 15) is 4.79 Å². The molecular formula is C23H27N5OS. The Morgan fingerprint density at radius 3 is 2.70 bits per heavy atom. The summed E-state index contributed by atoms with van der Waals surface area (Å²) in [6, 6.07) is 1.96.